The molecule has 4 N–H and O–H groups in total. The number of nitrogens with zero attached hydrogens (tertiary/aromatic N) is 3. The van der Waals surface area contributed by atoms with E-state index in [0.717, 1.165) is 20.9 Å². The SMILES string of the molecule is Nc1ncnc2c1c(-c1ccc3ccccc3c1)cn2[C@@H]1O[C@H](CO)[C@@H](O)C1(F)F. The number of anilines is 1. The van der Waals surface area contributed by atoms with Gasteiger partial charge in [-0.3, -0.25) is 4.57 Å². The Morgan fingerprint density at radius 2 is 1.90 bits per heavy atom. The fraction of sp³-hybridized carbons (Fsp3) is 0.238. The zero-order valence-corrected chi connectivity index (χ0v) is 15.6. The number of hydrogen-bond donors (Lipinski definition) is 3. The summed E-state index contributed by atoms with van der Waals surface area (Å²) in [6, 6.07) is 13.5. The number of nitrogen functional groups attached to an aromatic ring is 1. The monoisotopic (exact) mass is 412 g/mol. The molecule has 0 spiro atoms. The van der Waals surface area contributed by atoms with Crippen molar-refractivity contribution in [2.24, 2.45) is 0 Å². The Bertz CT molecular complexity index is 1260. The number of ether oxygens (including phenoxy) is 1. The lowest BCUT2D eigenvalue weighted by molar-refractivity contribution is -0.137. The Labute approximate surface area is 169 Å². The van der Waals surface area contributed by atoms with Crippen LogP contribution in [0.25, 0.3) is 32.9 Å². The second kappa shape index (κ2) is 6.69. The summed E-state index contributed by atoms with van der Waals surface area (Å²) in [6.07, 6.45) is -2.74. The standard InChI is InChI=1S/C21H18F2N4O3/c22-21(23)17(29)15(9-28)30-20(21)27-8-14(16-18(24)25-10-26-19(16)27)13-6-5-11-3-1-2-4-12(11)7-13/h1-8,10,15,17,20,28-29H,9H2,(H2,24,25,26)/t15-,17-,20-/m1/s1. The summed E-state index contributed by atoms with van der Waals surface area (Å²) in [5.74, 6) is -3.50. The Morgan fingerprint density at radius 1 is 1.13 bits per heavy atom. The Morgan fingerprint density at radius 3 is 2.63 bits per heavy atom. The molecule has 1 fully saturated rings. The van der Waals surface area contributed by atoms with E-state index in [1.54, 1.807) is 0 Å². The van der Waals surface area contributed by atoms with E-state index in [0.29, 0.717) is 10.9 Å². The fourth-order valence-electron chi connectivity index (χ4n) is 3.98. The van der Waals surface area contributed by atoms with Crippen LogP contribution < -0.4 is 5.73 Å². The van der Waals surface area contributed by atoms with Gasteiger partial charge in [0.2, 0.25) is 6.23 Å². The molecule has 1 saturated heterocycles. The zero-order valence-electron chi connectivity index (χ0n) is 15.6. The van der Waals surface area contributed by atoms with E-state index in [1.807, 2.05) is 42.5 Å². The minimum absolute atomic E-state index is 0.141. The average molecular weight is 412 g/mol. The quantitative estimate of drug-likeness (QED) is 0.478. The summed E-state index contributed by atoms with van der Waals surface area (Å²) >= 11 is 0. The molecule has 30 heavy (non-hydrogen) atoms. The van der Waals surface area contributed by atoms with Crippen molar-refractivity contribution >= 4 is 27.6 Å². The van der Waals surface area contributed by atoms with Gasteiger partial charge in [-0.25, -0.2) is 9.97 Å². The molecular formula is C21H18F2N4O3. The van der Waals surface area contributed by atoms with Gasteiger partial charge in [-0.1, -0.05) is 36.4 Å². The Kier molecular flexibility index (Phi) is 4.21. The van der Waals surface area contributed by atoms with Crippen LogP contribution in [0.4, 0.5) is 14.6 Å². The minimum Gasteiger partial charge on any atom is -0.394 e. The molecule has 5 rings (SSSR count). The maximum atomic E-state index is 14.8. The third-order valence-corrected chi connectivity index (χ3v) is 5.51. The van der Waals surface area contributed by atoms with Gasteiger partial charge in [0.25, 0.3) is 0 Å². The summed E-state index contributed by atoms with van der Waals surface area (Å²) in [5, 5.41) is 21.6. The van der Waals surface area contributed by atoms with Crippen LogP contribution in [0.2, 0.25) is 0 Å². The first-order chi connectivity index (χ1) is 14.4. The smallest absolute Gasteiger partial charge is 0.320 e. The van der Waals surface area contributed by atoms with E-state index in [9.17, 15) is 19.0 Å². The molecule has 154 valence electrons. The van der Waals surface area contributed by atoms with Crippen molar-refractivity contribution in [2.45, 2.75) is 24.4 Å². The molecule has 3 heterocycles. The van der Waals surface area contributed by atoms with Crippen molar-refractivity contribution in [3.63, 3.8) is 0 Å². The highest BCUT2D eigenvalue weighted by Crippen LogP contribution is 2.46. The van der Waals surface area contributed by atoms with Gasteiger partial charge in [-0.15, -0.1) is 0 Å². The largest absolute Gasteiger partial charge is 0.394 e. The van der Waals surface area contributed by atoms with Crippen molar-refractivity contribution in [1.29, 1.82) is 0 Å². The lowest BCUT2D eigenvalue weighted by atomic mass is 10.0. The second-order valence-electron chi connectivity index (χ2n) is 7.30. The molecule has 0 unspecified atom stereocenters. The van der Waals surface area contributed by atoms with Crippen LogP contribution in [0.5, 0.6) is 0 Å². The van der Waals surface area contributed by atoms with E-state index in [1.165, 1.54) is 12.5 Å². The number of alkyl halides is 2. The molecule has 4 aromatic rings. The third kappa shape index (κ3) is 2.67. The van der Waals surface area contributed by atoms with Crippen LogP contribution in [0.3, 0.4) is 0 Å². The fourth-order valence-corrected chi connectivity index (χ4v) is 3.98. The van der Waals surface area contributed by atoms with Crippen molar-refractivity contribution in [1.82, 2.24) is 14.5 Å². The average Bonchev–Trinajstić information content (AvgIpc) is 3.24. The second-order valence-corrected chi connectivity index (χ2v) is 7.30. The third-order valence-electron chi connectivity index (χ3n) is 5.51. The highest BCUT2D eigenvalue weighted by Gasteiger charge is 2.59. The normalized spacial score (nSPS) is 23.4. The summed E-state index contributed by atoms with van der Waals surface area (Å²) in [6.45, 7) is -0.735. The van der Waals surface area contributed by atoms with Crippen LogP contribution in [-0.4, -0.2) is 49.5 Å². The van der Waals surface area contributed by atoms with Crippen LogP contribution >= 0.6 is 0 Å². The highest BCUT2D eigenvalue weighted by atomic mass is 19.3. The molecule has 3 atom stereocenters. The van der Waals surface area contributed by atoms with Gasteiger partial charge >= 0.3 is 5.92 Å². The summed E-state index contributed by atoms with van der Waals surface area (Å²) in [7, 11) is 0. The zero-order chi connectivity index (χ0) is 21.0. The van der Waals surface area contributed by atoms with E-state index >= 15 is 0 Å². The first-order valence-corrected chi connectivity index (χ1v) is 9.34. The first kappa shape index (κ1) is 18.9. The number of aliphatic hydroxyl groups is 2. The molecule has 0 amide bonds. The first-order valence-electron chi connectivity index (χ1n) is 9.34. The maximum Gasteiger partial charge on any atom is 0.320 e. The molecule has 9 heteroatoms. The van der Waals surface area contributed by atoms with E-state index < -0.39 is 31.0 Å². The van der Waals surface area contributed by atoms with Gasteiger partial charge in [0.05, 0.1) is 12.0 Å². The molecule has 2 aromatic carbocycles. The highest BCUT2D eigenvalue weighted by molar-refractivity contribution is 6.02. The lowest BCUT2D eigenvalue weighted by Gasteiger charge is -2.21. The molecule has 1 aliphatic rings. The maximum absolute atomic E-state index is 14.8. The minimum atomic E-state index is -3.64. The molecule has 0 saturated carbocycles. The van der Waals surface area contributed by atoms with E-state index in [2.05, 4.69) is 9.97 Å². The number of nitrogens with two attached hydrogens (primary N) is 1. The Hall–Kier alpha value is -3.14. The molecule has 0 radical (unpaired) electrons. The van der Waals surface area contributed by atoms with Gasteiger partial charge in [-0.05, 0) is 22.4 Å². The van der Waals surface area contributed by atoms with E-state index in [-0.39, 0.29) is 11.5 Å². The number of aromatic nitrogens is 3. The van der Waals surface area contributed by atoms with E-state index in [4.69, 9.17) is 10.5 Å². The summed E-state index contributed by atoms with van der Waals surface area (Å²) < 4.78 is 36.0. The number of fused-ring (bicyclic) bond motifs is 2. The Balaban J connectivity index is 1.73. The molecular weight excluding hydrogens is 394 g/mol. The summed E-state index contributed by atoms with van der Waals surface area (Å²) in [5.41, 5.74) is 7.55. The van der Waals surface area contributed by atoms with Gasteiger partial charge in [0.15, 0.2) is 6.10 Å². The number of rotatable bonds is 3. The molecule has 0 aliphatic carbocycles. The molecule has 7 nitrogen and oxygen atoms in total. The molecule has 2 aromatic heterocycles. The predicted octanol–water partition coefficient (Wildman–Crippen LogP) is 2.72. The van der Waals surface area contributed by atoms with Gasteiger partial charge < -0.3 is 20.7 Å². The van der Waals surface area contributed by atoms with Crippen LogP contribution in [0.1, 0.15) is 6.23 Å². The van der Waals surface area contributed by atoms with Gasteiger partial charge in [0, 0.05) is 11.8 Å². The topological polar surface area (TPSA) is 106 Å². The van der Waals surface area contributed by atoms with Gasteiger partial charge in [-0.2, -0.15) is 8.78 Å². The van der Waals surface area contributed by atoms with Gasteiger partial charge in [0.1, 0.15) is 23.9 Å². The van der Waals surface area contributed by atoms with Crippen LogP contribution in [0, 0.1) is 0 Å². The van der Waals surface area contributed by atoms with Crippen LogP contribution in [0.15, 0.2) is 55.0 Å². The van der Waals surface area contributed by atoms with Crippen molar-refractivity contribution < 1.29 is 23.7 Å². The molecule has 0 bridgehead atoms. The van der Waals surface area contributed by atoms with Crippen LogP contribution in [-0.2, 0) is 4.74 Å². The lowest BCUT2D eigenvalue weighted by Crippen LogP contribution is -2.39. The number of halogens is 2. The van der Waals surface area contributed by atoms with Crippen molar-refractivity contribution in [3.05, 3.63) is 55.0 Å². The summed E-state index contributed by atoms with van der Waals surface area (Å²) in [4.78, 5) is 8.16. The van der Waals surface area contributed by atoms with Crippen molar-refractivity contribution in [3.8, 4) is 11.1 Å². The number of hydrogen-bond acceptors (Lipinski definition) is 6. The molecule has 1 aliphatic heterocycles. The number of aliphatic hydroxyl groups excluding tert-OH is 2. The van der Waals surface area contributed by atoms with Crippen molar-refractivity contribution in [2.75, 3.05) is 12.3 Å². The number of benzene rings is 2. The predicted molar refractivity (Wildman–Crippen MR) is 107 cm³/mol.